The molecule has 1 heterocycles. The van der Waals surface area contributed by atoms with Crippen molar-refractivity contribution in [1.82, 2.24) is 14.1 Å². The van der Waals surface area contributed by atoms with Crippen LogP contribution in [0.15, 0.2) is 4.99 Å². The molecule has 0 aliphatic carbocycles. The van der Waals surface area contributed by atoms with Crippen molar-refractivity contribution in [2.24, 2.45) is 10.9 Å². The molecule has 0 N–H and O–H groups in total. The van der Waals surface area contributed by atoms with E-state index in [4.69, 9.17) is 0 Å². The van der Waals surface area contributed by atoms with Crippen molar-refractivity contribution in [2.75, 3.05) is 47.8 Å². The lowest BCUT2D eigenvalue weighted by Crippen LogP contribution is -2.42. The summed E-state index contributed by atoms with van der Waals surface area (Å²) in [5.74, 6) is -2.28. The number of hydrogen-bond donors (Lipinski definition) is 0. The topological polar surface area (TPSA) is 56.2 Å². The first-order valence-corrected chi connectivity index (χ1v) is 8.32. The third-order valence-electron chi connectivity index (χ3n) is 3.45. The summed E-state index contributed by atoms with van der Waals surface area (Å²) >= 11 is 0. The molecule has 1 aliphatic heterocycles. The van der Waals surface area contributed by atoms with Gasteiger partial charge in [0.25, 0.3) is 10.0 Å². The van der Waals surface area contributed by atoms with Crippen LogP contribution in [0.1, 0.15) is 12.8 Å². The Labute approximate surface area is 125 Å². The van der Waals surface area contributed by atoms with Crippen LogP contribution in [-0.2, 0) is 10.0 Å². The maximum Gasteiger partial charge on any atom is 0.350 e. The number of halogens is 2. The highest BCUT2D eigenvalue weighted by molar-refractivity contribution is 7.89. The molecular weight excluding hydrogens is 302 g/mol. The molecule has 0 aromatic rings. The van der Waals surface area contributed by atoms with Gasteiger partial charge in [0, 0.05) is 47.8 Å². The summed E-state index contributed by atoms with van der Waals surface area (Å²) in [5.41, 5.74) is 0. The number of guanidine groups is 1. The minimum Gasteiger partial charge on any atom is -0.349 e. The minimum absolute atomic E-state index is 0.145. The van der Waals surface area contributed by atoms with E-state index < -0.39 is 15.8 Å². The van der Waals surface area contributed by atoms with Gasteiger partial charge in [0.15, 0.2) is 5.96 Å². The third-order valence-corrected chi connectivity index (χ3v) is 4.98. The van der Waals surface area contributed by atoms with Gasteiger partial charge < -0.3 is 9.80 Å². The molecule has 0 atom stereocenters. The molecule has 0 spiro atoms. The zero-order valence-electron chi connectivity index (χ0n) is 13.0. The maximum absolute atomic E-state index is 12.5. The number of nitrogens with zero attached hydrogens (tertiary/aromatic N) is 4. The fourth-order valence-electron chi connectivity index (χ4n) is 2.35. The van der Waals surface area contributed by atoms with E-state index >= 15 is 0 Å². The molecular formula is C12H24F2N4O2S. The van der Waals surface area contributed by atoms with Crippen LogP contribution in [-0.4, -0.2) is 82.1 Å². The normalized spacial score (nSPS) is 17.9. The van der Waals surface area contributed by atoms with Crippen LogP contribution >= 0.6 is 0 Å². The van der Waals surface area contributed by atoms with Crippen molar-refractivity contribution < 1.29 is 17.2 Å². The molecule has 9 heteroatoms. The second-order valence-corrected chi connectivity index (χ2v) is 7.48. The molecule has 0 amide bonds. The summed E-state index contributed by atoms with van der Waals surface area (Å²) in [4.78, 5) is 8.32. The Morgan fingerprint density at radius 1 is 1.19 bits per heavy atom. The van der Waals surface area contributed by atoms with E-state index in [1.165, 1.54) is 0 Å². The highest BCUT2D eigenvalue weighted by Crippen LogP contribution is 2.22. The number of hydrogen-bond acceptors (Lipinski definition) is 3. The van der Waals surface area contributed by atoms with Crippen molar-refractivity contribution in [1.29, 1.82) is 0 Å². The van der Waals surface area contributed by atoms with Crippen LogP contribution in [0.5, 0.6) is 0 Å². The lowest BCUT2D eigenvalue weighted by molar-refractivity contribution is 0.204. The number of rotatable bonds is 4. The molecule has 1 saturated heterocycles. The Kier molecular flexibility index (Phi) is 6.33. The Morgan fingerprint density at radius 3 is 2.05 bits per heavy atom. The van der Waals surface area contributed by atoms with E-state index in [1.807, 2.05) is 38.0 Å². The van der Waals surface area contributed by atoms with Gasteiger partial charge >= 0.3 is 5.76 Å². The zero-order valence-corrected chi connectivity index (χ0v) is 13.8. The zero-order chi connectivity index (χ0) is 16.2. The van der Waals surface area contributed by atoms with E-state index in [1.54, 1.807) is 0 Å². The fraction of sp³-hybridized carbons (Fsp3) is 0.917. The van der Waals surface area contributed by atoms with Gasteiger partial charge in [0.2, 0.25) is 0 Å². The van der Waals surface area contributed by atoms with Gasteiger partial charge in [0.05, 0.1) is 0 Å². The first kappa shape index (κ1) is 18.1. The van der Waals surface area contributed by atoms with Gasteiger partial charge in [-0.1, -0.05) is 0 Å². The Bertz CT molecular complexity index is 448. The molecule has 0 radical (unpaired) electrons. The van der Waals surface area contributed by atoms with Crippen LogP contribution in [0.2, 0.25) is 0 Å². The molecule has 1 rings (SSSR count). The highest BCUT2D eigenvalue weighted by atomic mass is 32.2. The summed E-state index contributed by atoms with van der Waals surface area (Å²) < 4.78 is 48.6. The maximum atomic E-state index is 12.5. The summed E-state index contributed by atoms with van der Waals surface area (Å²) in [6.45, 7) is 0.868. The van der Waals surface area contributed by atoms with Crippen molar-refractivity contribution in [3.05, 3.63) is 0 Å². The lowest BCUT2D eigenvalue weighted by Gasteiger charge is -2.30. The minimum atomic E-state index is -4.43. The molecule has 0 saturated carbocycles. The Balaban J connectivity index is 2.56. The van der Waals surface area contributed by atoms with Gasteiger partial charge in [-0.2, -0.15) is 13.1 Å². The molecule has 0 bridgehead atoms. The Hall–Kier alpha value is -0.960. The average Bonchev–Trinajstić information content (AvgIpc) is 2.38. The van der Waals surface area contributed by atoms with E-state index in [-0.39, 0.29) is 19.0 Å². The molecule has 21 heavy (non-hydrogen) atoms. The average molecular weight is 326 g/mol. The predicted octanol–water partition coefficient (Wildman–Crippen LogP) is 0.730. The second-order valence-electron chi connectivity index (χ2n) is 5.58. The fourth-order valence-corrected chi connectivity index (χ4v) is 3.30. The van der Waals surface area contributed by atoms with E-state index in [0.29, 0.717) is 19.4 Å². The van der Waals surface area contributed by atoms with Gasteiger partial charge in [-0.25, -0.2) is 8.42 Å². The molecule has 0 aromatic heterocycles. The van der Waals surface area contributed by atoms with Crippen LogP contribution in [0.3, 0.4) is 0 Å². The smallest absolute Gasteiger partial charge is 0.349 e. The van der Waals surface area contributed by atoms with Gasteiger partial charge in [-0.3, -0.25) is 4.99 Å². The van der Waals surface area contributed by atoms with Gasteiger partial charge in [-0.05, 0) is 18.8 Å². The Morgan fingerprint density at radius 2 is 1.67 bits per heavy atom. The number of alkyl halides is 2. The summed E-state index contributed by atoms with van der Waals surface area (Å²) in [7, 11) is 3.16. The number of piperidine rings is 1. The van der Waals surface area contributed by atoms with E-state index in [9.17, 15) is 17.2 Å². The monoisotopic (exact) mass is 326 g/mol. The van der Waals surface area contributed by atoms with Crippen molar-refractivity contribution >= 4 is 16.0 Å². The van der Waals surface area contributed by atoms with Crippen molar-refractivity contribution in [3.8, 4) is 0 Å². The standard InChI is InChI=1S/C12H24F2N4O2S/c1-16(2)12(17(3)4)15-9-10-5-7-18(8-6-10)21(19,20)11(13)14/h10-11H,5-9H2,1-4H3. The van der Waals surface area contributed by atoms with Gasteiger partial charge in [-0.15, -0.1) is 0 Å². The predicted molar refractivity (Wildman–Crippen MR) is 78.9 cm³/mol. The van der Waals surface area contributed by atoms with Crippen LogP contribution in [0.4, 0.5) is 8.78 Å². The third kappa shape index (κ3) is 4.77. The number of aliphatic imine (C=N–C) groups is 1. The van der Waals surface area contributed by atoms with E-state index in [0.717, 1.165) is 10.3 Å². The quantitative estimate of drug-likeness (QED) is 0.564. The first-order valence-electron chi connectivity index (χ1n) is 6.82. The highest BCUT2D eigenvalue weighted by Gasteiger charge is 2.34. The molecule has 0 aromatic carbocycles. The first-order chi connectivity index (χ1) is 9.66. The van der Waals surface area contributed by atoms with Crippen LogP contribution < -0.4 is 0 Å². The SMILES string of the molecule is CN(C)C(=NCC1CCN(S(=O)(=O)C(F)F)CC1)N(C)C. The van der Waals surface area contributed by atoms with Crippen LogP contribution in [0.25, 0.3) is 0 Å². The second kappa shape index (κ2) is 7.35. The molecule has 0 unspecified atom stereocenters. The van der Waals surface area contributed by atoms with E-state index in [2.05, 4.69) is 4.99 Å². The van der Waals surface area contributed by atoms with Crippen molar-refractivity contribution in [2.45, 2.75) is 18.6 Å². The molecule has 124 valence electrons. The molecule has 1 aliphatic rings. The summed E-state index contributed by atoms with van der Waals surface area (Å²) in [6, 6.07) is 0. The largest absolute Gasteiger partial charge is 0.350 e. The van der Waals surface area contributed by atoms with Crippen molar-refractivity contribution in [3.63, 3.8) is 0 Å². The summed E-state index contributed by atoms with van der Waals surface area (Å²) in [6.07, 6.45) is 1.12. The molecule has 6 nitrogen and oxygen atoms in total. The van der Waals surface area contributed by atoms with Gasteiger partial charge in [0.1, 0.15) is 0 Å². The summed E-state index contributed by atoms with van der Waals surface area (Å²) in [5, 5.41) is 0. The molecule has 1 fully saturated rings. The van der Waals surface area contributed by atoms with Crippen LogP contribution in [0, 0.1) is 5.92 Å². The number of sulfonamides is 1. The lowest BCUT2D eigenvalue weighted by atomic mass is 9.98.